The van der Waals surface area contributed by atoms with E-state index in [1.165, 1.54) is 89.9 Å². The number of phosphoric ester groups is 1. The molecule has 2 N–H and O–H groups in total. The lowest BCUT2D eigenvalue weighted by molar-refractivity contribution is -0.167. The van der Waals surface area contributed by atoms with E-state index in [-0.39, 0.29) is 18.4 Å². The molecule has 12 heteroatoms. The summed E-state index contributed by atoms with van der Waals surface area (Å²) in [5, 5.41) is 3.48. The number of hydrogen-bond donors (Lipinski definition) is 2. The zero-order valence-electron chi connectivity index (χ0n) is 33.0. The summed E-state index contributed by atoms with van der Waals surface area (Å²) in [6, 6.07) is 0. The van der Waals surface area contributed by atoms with Crippen molar-refractivity contribution in [2.45, 2.75) is 180 Å². The van der Waals surface area contributed by atoms with Crippen LogP contribution in [0.4, 0.5) is 0 Å². The molecule has 11 nitrogen and oxygen atoms in total. The van der Waals surface area contributed by atoms with E-state index in [4.69, 9.17) is 15.0 Å². The molecule has 54 heavy (non-hydrogen) atoms. The number of azide groups is 1. The summed E-state index contributed by atoms with van der Waals surface area (Å²) in [5.74, 6) is -1.55. The fourth-order valence-corrected chi connectivity index (χ4v) is 5.91. The molecule has 302 valence electrons. The molecular formula is C42H66N3O8P. The molecule has 0 aromatic heterocycles. The summed E-state index contributed by atoms with van der Waals surface area (Å²) in [7, 11) is -5.02. The molecule has 0 aromatic rings. The predicted octanol–water partition coefficient (Wildman–Crippen LogP) is 11.7. The Morgan fingerprint density at radius 2 is 1.26 bits per heavy atom. The van der Waals surface area contributed by atoms with Gasteiger partial charge in [0.05, 0.1) is 18.7 Å². The van der Waals surface area contributed by atoms with Crippen LogP contribution in [0.3, 0.4) is 0 Å². The van der Waals surface area contributed by atoms with Crippen LogP contribution in [0.25, 0.3) is 10.4 Å². The van der Waals surface area contributed by atoms with Crippen LogP contribution in [0.2, 0.25) is 0 Å². The first-order valence-electron chi connectivity index (χ1n) is 20.1. The molecule has 0 saturated carbocycles. The summed E-state index contributed by atoms with van der Waals surface area (Å²) in [5.41, 5.74) is 24.0. The lowest BCUT2D eigenvalue weighted by atomic mass is 10.0. The van der Waals surface area contributed by atoms with Crippen LogP contribution in [0.5, 0.6) is 0 Å². The van der Waals surface area contributed by atoms with Gasteiger partial charge in [0.1, 0.15) is 6.10 Å². The van der Waals surface area contributed by atoms with Crippen molar-refractivity contribution in [1.29, 1.82) is 0 Å². The Morgan fingerprint density at radius 3 is 1.78 bits per heavy atom. The monoisotopic (exact) mass is 771 g/mol. The third-order valence-corrected chi connectivity index (χ3v) is 9.11. The van der Waals surface area contributed by atoms with Crippen molar-refractivity contribution >= 4 is 19.8 Å². The second kappa shape index (κ2) is 36.5. The molecule has 0 aliphatic heterocycles. The molecule has 0 rings (SSSR count). The molecule has 0 heterocycles. The minimum absolute atomic E-state index is 0.000997. The second-order valence-corrected chi connectivity index (χ2v) is 14.6. The molecule has 0 bridgehead atoms. The van der Waals surface area contributed by atoms with Gasteiger partial charge in [-0.15, -0.1) is 0 Å². The van der Waals surface area contributed by atoms with Gasteiger partial charge >= 0.3 is 19.8 Å². The third-order valence-electron chi connectivity index (χ3n) is 8.62. The summed E-state index contributed by atoms with van der Waals surface area (Å²) >= 11 is 0. The molecule has 0 radical (unpaired) electrons. The number of carbonyl (C=O) groups excluding carboxylic acids is 2. The number of allylic oxidation sites excluding steroid dienone is 2. The van der Waals surface area contributed by atoms with E-state index in [1.807, 2.05) is 6.08 Å². The largest absolute Gasteiger partial charge is 0.469 e. The Balaban J connectivity index is 5.34. The first-order chi connectivity index (χ1) is 26.2. The van der Waals surface area contributed by atoms with Gasteiger partial charge in [0, 0.05) is 17.8 Å². The Kier molecular flexibility index (Phi) is 34.1. The highest BCUT2D eigenvalue weighted by molar-refractivity contribution is 7.46. The second-order valence-electron chi connectivity index (χ2n) is 13.4. The molecular weight excluding hydrogens is 705 g/mol. The molecule has 0 aliphatic carbocycles. The summed E-state index contributed by atoms with van der Waals surface area (Å²) in [4.78, 5) is 47.7. The van der Waals surface area contributed by atoms with Crippen molar-refractivity contribution in [2.75, 3.05) is 13.2 Å². The highest BCUT2D eigenvalue weighted by atomic mass is 31.2. The number of nitrogens with zero attached hydrogens (tertiary/aromatic N) is 3. The zero-order chi connectivity index (χ0) is 40.0. The van der Waals surface area contributed by atoms with Gasteiger partial charge in [0.15, 0.2) is 6.10 Å². The van der Waals surface area contributed by atoms with Crippen molar-refractivity contribution in [1.82, 2.24) is 0 Å². The zero-order valence-corrected chi connectivity index (χ0v) is 33.9. The quantitative estimate of drug-likeness (QED) is 0.00749. The van der Waals surface area contributed by atoms with Crippen molar-refractivity contribution < 1.29 is 37.9 Å². The van der Waals surface area contributed by atoms with Crippen LogP contribution in [0, 0.1) is 0 Å². The van der Waals surface area contributed by atoms with E-state index in [0.717, 1.165) is 44.9 Å². The maximum atomic E-state index is 13.4. The van der Waals surface area contributed by atoms with Crippen molar-refractivity contribution in [3.05, 3.63) is 69.1 Å². The number of rotatable bonds is 34. The average Bonchev–Trinajstić information content (AvgIpc) is 3.14. The summed E-state index contributed by atoms with van der Waals surface area (Å²) < 4.78 is 27.4. The highest BCUT2D eigenvalue weighted by Gasteiger charge is 2.32. The van der Waals surface area contributed by atoms with E-state index >= 15 is 0 Å². The average molecular weight is 772 g/mol. The number of hydrogen-bond acceptors (Lipinski definition) is 7. The van der Waals surface area contributed by atoms with Crippen LogP contribution < -0.4 is 0 Å². The van der Waals surface area contributed by atoms with Crippen molar-refractivity contribution in [3.8, 4) is 0 Å². The standard InChI is InChI=1S/C42H66N3O8P/c1-4-7-10-13-15-17-18-19-20-21-22-24-26-29-32-35-41(46)52-39(36-44-45-43)40(37-51-54(48,49)50)53-42(47)38(33-30-27-12-9-6-3)34-31-28-25-23-16-14-11-8-5-2/h28,31,39-40H,3-5,7-8,10-11,13-26,29,32,34-37H2,1-2H3,(H2,48,49,50)/b31-28-/t39-,40-/m0/s1. The molecule has 0 aliphatic rings. The smallest absolute Gasteiger partial charge is 0.458 e. The normalized spacial score (nSPS) is 11.9. The Morgan fingerprint density at radius 1 is 0.741 bits per heavy atom. The highest BCUT2D eigenvalue weighted by Crippen LogP contribution is 2.36. The molecule has 0 aromatic carbocycles. The van der Waals surface area contributed by atoms with E-state index in [1.54, 1.807) is 6.08 Å². The fraction of sp³-hybridized carbons (Fsp3) is 0.714. The van der Waals surface area contributed by atoms with Gasteiger partial charge in [-0.3, -0.25) is 9.32 Å². The molecule has 2 atom stereocenters. The van der Waals surface area contributed by atoms with E-state index in [9.17, 15) is 23.9 Å². The summed E-state index contributed by atoms with van der Waals surface area (Å²) in [6.45, 7) is 6.50. The van der Waals surface area contributed by atoms with Crippen molar-refractivity contribution in [2.24, 2.45) is 5.11 Å². The van der Waals surface area contributed by atoms with Crippen LogP contribution in [-0.4, -0.2) is 47.1 Å². The molecule has 0 unspecified atom stereocenters. The Bertz CT molecular complexity index is 1400. The first-order valence-corrected chi connectivity index (χ1v) is 21.6. The predicted molar refractivity (Wildman–Crippen MR) is 213 cm³/mol. The van der Waals surface area contributed by atoms with Gasteiger partial charge in [0.25, 0.3) is 0 Å². The van der Waals surface area contributed by atoms with Gasteiger partial charge in [0.2, 0.25) is 0 Å². The van der Waals surface area contributed by atoms with Crippen molar-refractivity contribution in [3.63, 3.8) is 0 Å². The lowest BCUT2D eigenvalue weighted by Gasteiger charge is -2.26. The summed E-state index contributed by atoms with van der Waals surface area (Å²) in [6.07, 6.45) is 26.5. The number of esters is 2. The van der Waals surface area contributed by atoms with Gasteiger partial charge in [-0.1, -0.05) is 159 Å². The minimum atomic E-state index is -5.02. The molecule has 0 fully saturated rings. The first kappa shape index (κ1) is 50.5. The van der Waals surface area contributed by atoms with Crippen LogP contribution in [0.1, 0.15) is 168 Å². The Hall–Kier alpha value is -3.48. The number of phosphoric acid groups is 1. The lowest BCUT2D eigenvalue weighted by Crippen LogP contribution is -2.40. The van der Waals surface area contributed by atoms with E-state index in [0.29, 0.717) is 6.42 Å². The Labute approximate surface area is 324 Å². The van der Waals surface area contributed by atoms with Crippen LogP contribution in [0.15, 0.2) is 63.8 Å². The minimum Gasteiger partial charge on any atom is -0.458 e. The van der Waals surface area contributed by atoms with E-state index < -0.39 is 45.1 Å². The molecule has 0 saturated heterocycles. The van der Waals surface area contributed by atoms with Gasteiger partial charge in [-0.05, 0) is 60.0 Å². The van der Waals surface area contributed by atoms with Crippen LogP contribution in [-0.2, 0) is 28.2 Å². The third kappa shape index (κ3) is 33.1. The van der Waals surface area contributed by atoms with Gasteiger partial charge in [-0.25, -0.2) is 9.36 Å². The molecule has 0 spiro atoms. The maximum Gasteiger partial charge on any atom is 0.469 e. The SMILES string of the molecule is C=C=C=C=C=C=C=C(C/C=C\CCCCCCCC)C(=O)O[C@@H](COP(=O)(O)O)[C@H](CN=[N+]=[N-])OC(=O)CCCCCCCCCCCCCCCCC. The van der Waals surface area contributed by atoms with E-state index in [2.05, 4.69) is 69.4 Å². The van der Waals surface area contributed by atoms with Gasteiger partial charge < -0.3 is 19.3 Å². The van der Waals surface area contributed by atoms with Crippen LogP contribution >= 0.6 is 7.82 Å². The van der Waals surface area contributed by atoms with Gasteiger partial charge in [-0.2, -0.15) is 0 Å². The fourth-order valence-electron chi connectivity index (χ4n) is 5.57. The maximum absolute atomic E-state index is 13.4. The number of carbonyl (C=O) groups is 2. The number of unbranched alkanes of at least 4 members (excludes halogenated alkanes) is 20. The number of ether oxygens (including phenoxy) is 2. The topological polar surface area (TPSA) is 168 Å². The molecule has 0 amide bonds.